The third kappa shape index (κ3) is 6.40. The van der Waals surface area contributed by atoms with E-state index in [1.165, 1.54) is 22.2 Å². The van der Waals surface area contributed by atoms with E-state index in [9.17, 15) is 14.4 Å². The molecule has 0 saturated carbocycles. The molecule has 4 aromatic rings. The maximum Gasteiger partial charge on any atom is 0.362 e. The number of aromatic nitrogens is 1. The summed E-state index contributed by atoms with van der Waals surface area (Å²) in [5.74, 6) is -0.0265. The largest absolute Gasteiger partial charge is 0.408 e. The van der Waals surface area contributed by atoms with E-state index in [4.69, 9.17) is 0 Å². The first-order valence-electron chi connectivity index (χ1n) is 12.5. The summed E-state index contributed by atoms with van der Waals surface area (Å²) in [4.78, 5) is 39.4. The number of carbonyl (C=O) groups excluding carboxylic acids is 1. The maximum absolute atomic E-state index is 13.7. The van der Waals surface area contributed by atoms with Gasteiger partial charge in [-0.15, -0.1) is 0 Å². The molecule has 0 fully saturated rings. The zero-order valence-corrected chi connectivity index (χ0v) is 21.9. The number of hydrogen-bond acceptors (Lipinski definition) is 3. The van der Waals surface area contributed by atoms with Crippen LogP contribution < -0.4 is 0 Å². The van der Waals surface area contributed by atoms with Crippen molar-refractivity contribution in [2.45, 2.75) is 32.2 Å². The number of carbonyl (C=O) groups is 1. The van der Waals surface area contributed by atoms with Crippen LogP contribution in [0.4, 0.5) is 0 Å². The summed E-state index contributed by atoms with van der Waals surface area (Å²) in [5, 5.41) is 1.19. The lowest BCUT2D eigenvalue weighted by atomic mass is 10.1. The Hall–Kier alpha value is -3.45. The molecule has 0 bridgehead atoms. The zero-order chi connectivity index (χ0) is 25.5. The van der Waals surface area contributed by atoms with Crippen LogP contribution in [0, 0.1) is 0 Å². The van der Waals surface area contributed by atoms with Crippen molar-refractivity contribution in [3.05, 3.63) is 113 Å². The van der Waals surface area contributed by atoms with E-state index in [0.717, 1.165) is 23.9 Å². The number of amides is 1. The fraction of sp³-hybridized carbons (Fsp3) is 0.233. The van der Waals surface area contributed by atoms with Crippen molar-refractivity contribution < 1.29 is 14.4 Å². The predicted molar refractivity (Wildman–Crippen MR) is 149 cm³/mol. The van der Waals surface area contributed by atoms with Crippen LogP contribution in [0.15, 0.2) is 90.8 Å². The molecule has 0 radical (unpaired) electrons. The number of nitrogens with one attached hydrogen (secondary N) is 1. The normalized spacial score (nSPS) is 12.0. The number of nitrogens with zero attached hydrogens (tertiary/aromatic N) is 1. The second kappa shape index (κ2) is 11.5. The van der Waals surface area contributed by atoms with Crippen LogP contribution in [0.2, 0.25) is 5.54 Å². The van der Waals surface area contributed by atoms with Crippen LogP contribution in [0.25, 0.3) is 17.0 Å². The topological polar surface area (TPSA) is 76.6 Å². The Bertz CT molecular complexity index is 1330. The number of para-hydroxylation sites is 1. The molecule has 0 unspecified atom stereocenters. The number of rotatable bonds is 10. The van der Waals surface area contributed by atoms with Gasteiger partial charge in [-0.05, 0) is 53.4 Å². The van der Waals surface area contributed by atoms with Crippen molar-refractivity contribution in [2.75, 3.05) is 13.1 Å². The Kier molecular flexibility index (Phi) is 8.20. The van der Waals surface area contributed by atoms with Crippen molar-refractivity contribution >= 4 is 31.4 Å². The smallest absolute Gasteiger partial charge is 0.362 e. The molecule has 186 valence electrons. The SMILES string of the molecule is CC(C)[Si](O)(O)C=Cc1cccc(C(=O)N(CCc2ccccc2)CCc2c[nH]c3ccccc23)c1. The van der Waals surface area contributed by atoms with Crippen LogP contribution in [0.3, 0.4) is 0 Å². The lowest BCUT2D eigenvalue weighted by Crippen LogP contribution is -2.35. The van der Waals surface area contributed by atoms with Crippen molar-refractivity contribution in [1.29, 1.82) is 0 Å². The van der Waals surface area contributed by atoms with Gasteiger partial charge >= 0.3 is 8.56 Å². The standard InChI is InChI=1S/C30H34N2O3Si/c1-23(2)36(34,35)20-17-25-11-8-12-26(21-25)30(33)32(18-15-24-9-4-3-5-10-24)19-16-27-22-31-29-14-7-6-13-28(27)29/h3-14,17,20-23,31,34-35H,15-16,18-19H2,1-2H3. The van der Waals surface area contributed by atoms with Gasteiger partial charge in [0.1, 0.15) is 0 Å². The zero-order valence-electron chi connectivity index (χ0n) is 20.9. The Labute approximate surface area is 214 Å². The molecular weight excluding hydrogens is 464 g/mol. The molecule has 3 aromatic carbocycles. The van der Waals surface area contributed by atoms with Gasteiger partial charge in [0.15, 0.2) is 0 Å². The number of hydrogen-bond donors (Lipinski definition) is 3. The summed E-state index contributed by atoms with van der Waals surface area (Å²) in [6.07, 6.45) is 5.27. The number of benzene rings is 3. The highest BCUT2D eigenvalue weighted by Gasteiger charge is 2.30. The van der Waals surface area contributed by atoms with E-state index in [1.807, 2.05) is 65.7 Å². The molecule has 0 spiro atoms. The molecule has 1 aromatic heterocycles. The second-order valence-electron chi connectivity index (χ2n) is 9.53. The Morgan fingerprint density at radius 2 is 1.67 bits per heavy atom. The van der Waals surface area contributed by atoms with Gasteiger partial charge in [-0.25, -0.2) is 0 Å². The van der Waals surface area contributed by atoms with Gasteiger partial charge in [0.05, 0.1) is 0 Å². The number of aromatic amines is 1. The van der Waals surface area contributed by atoms with Crippen LogP contribution in [0.1, 0.15) is 40.9 Å². The maximum atomic E-state index is 13.7. The third-order valence-corrected chi connectivity index (χ3v) is 8.99. The fourth-order valence-electron chi connectivity index (χ4n) is 4.19. The highest BCUT2D eigenvalue weighted by molar-refractivity contribution is 6.72. The predicted octanol–water partition coefficient (Wildman–Crippen LogP) is 5.48. The van der Waals surface area contributed by atoms with Crippen molar-refractivity contribution in [1.82, 2.24) is 9.88 Å². The van der Waals surface area contributed by atoms with Crippen LogP contribution in [-0.4, -0.2) is 47.0 Å². The molecule has 5 nitrogen and oxygen atoms in total. The number of fused-ring (bicyclic) bond motifs is 1. The molecule has 6 heteroatoms. The molecule has 0 aliphatic carbocycles. The monoisotopic (exact) mass is 498 g/mol. The first-order valence-corrected chi connectivity index (χ1v) is 14.5. The first-order chi connectivity index (χ1) is 17.3. The van der Waals surface area contributed by atoms with Gasteiger partial charge in [0.2, 0.25) is 0 Å². The minimum Gasteiger partial charge on any atom is -0.408 e. The molecular formula is C30H34N2O3Si. The van der Waals surface area contributed by atoms with E-state index < -0.39 is 8.56 Å². The third-order valence-electron chi connectivity index (χ3n) is 6.63. The minimum absolute atomic E-state index is 0.0265. The van der Waals surface area contributed by atoms with Crippen LogP contribution >= 0.6 is 0 Å². The van der Waals surface area contributed by atoms with Crippen molar-refractivity contribution in [3.63, 3.8) is 0 Å². The molecule has 0 aliphatic rings. The summed E-state index contributed by atoms with van der Waals surface area (Å²) in [6.45, 7) is 4.82. The second-order valence-corrected chi connectivity index (χ2v) is 12.6. The average Bonchev–Trinajstić information content (AvgIpc) is 3.31. The van der Waals surface area contributed by atoms with Crippen LogP contribution in [-0.2, 0) is 12.8 Å². The summed E-state index contributed by atoms with van der Waals surface area (Å²) in [7, 11) is -3.42. The highest BCUT2D eigenvalue weighted by atomic mass is 28.4. The van der Waals surface area contributed by atoms with Crippen molar-refractivity contribution in [3.8, 4) is 0 Å². The van der Waals surface area contributed by atoms with Gasteiger partial charge in [-0.2, -0.15) is 0 Å². The molecule has 1 amide bonds. The first kappa shape index (κ1) is 25.6. The molecule has 4 rings (SSSR count). The van der Waals surface area contributed by atoms with Gasteiger partial charge < -0.3 is 19.5 Å². The van der Waals surface area contributed by atoms with Crippen LogP contribution in [0.5, 0.6) is 0 Å². The van der Waals surface area contributed by atoms with Gasteiger partial charge in [0.25, 0.3) is 5.91 Å². The Balaban J connectivity index is 1.54. The molecule has 36 heavy (non-hydrogen) atoms. The molecule has 3 N–H and O–H groups in total. The Morgan fingerprint density at radius 1 is 0.944 bits per heavy atom. The van der Waals surface area contributed by atoms with E-state index in [1.54, 1.807) is 19.9 Å². The average molecular weight is 499 g/mol. The van der Waals surface area contributed by atoms with E-state index in [0.29, 0.717) is 18.7 Å². The van der Waals surface area contributed by atoms with E-state index in [-0.39, 0.29) is 11.4 Å². The minimum atomic E-state index is -3.42. The lowest BCUT2D eigenvalue weighted by Gasteiger charge is -2.23. The quantitative estimate of drug-likeness (QED) is 0.253. The fourth-order valence-corrected chi connectivity index (χ4v) is 5.01. The lowest BCUT2D eigenvalue weighted by molar-refractivity contribution is 0.0759. The van der Waals surface area contributed by atoms with Gasteiger partial charge in [-0.1, -0.05) is 80.6 Å². The summed E-state index contributed by atoms with van der Waals surface area (Å²) in [5.41, 5.74) is 6.16. The number of H-pyrrole nitrogens is 1. The Morgan fingerprint density at radius 3 is 2.44 bits per heavy atom. The summed E-state index contributed by atoms with van der Waals surface area (Å²) in [6, 6.07) is 25.8. The van der Waals surface area contributed by atoms with Gasteiger partial charge in [-0.3, -0.25) is 4.79 Å². The molecule has 0 atom stereocenters. The van der Waals surface area contributed by atoms with E-state index >= 15 is 0 Å². The van der Waals surface area contributed by atoms with Crippen molar-refractivity contribution in [2.24, 2.45) is 0 Å². The molecule has 0 saturated heterocycles. The molecule has 1 heterocycles. The van der Waals surface area contributed by atoms with E-state index in [2.05, 4.69) is 29.2 Å². The summed E-state index contributed by atoms with van der Waals surface area (Å²) < 4.78 is 0. The highest BCUT2D eigenvalue weighted by Crippen LogP contribution is 2.20. The molecule has 0 aliphatic heterocycles. The summed E-state index contributed by atoms with van der Waals surface area (Å²) >= 11 is 0. The van der Waals surface area contributed by atoms with Gasteiger partial charge in [0, 0.05) is 41.3 Å².